The predicted octanol–water partition coefficient (Wildman–Crippen LogP) is 2.38. The molecule has 3 aliphatic heterocycles. The summed E-state index contributed by atoms with van der Waals surface area (Å²) in [6.07, 6.45) is 4.43. The van der Waals surface area contributed by atoms with Crippen molar-refractivity contribution in [1.29, 1.82) is 0 Å². The van der Waals surface area contributed by atoms with Crippen LogP contribution in [0.15, 0.2) is 34.5 Å². The summed E-state index contributed by atoms with van der Waals surface area (Å²) >= 11 is 6.04. The van der Waals surface area contributed by atoms with E-state index in [1.54, 1.807) is 0 Å². The SMILES string of the molecule is CS(=O)(=O)C[C@H]1CN(C2CCN(C3=NN=C(N)C3)CC2)[C@@H](Cc2ccc(Cl)cc2)CO1.Cl.Cl. The molecule has 0 bridgehead atoms. The molecule has 0 saturated carbocycles. The van der Waals surface area contributed by atoms with Crippen LogP contribution in [0.2, 0.25) is 5.02 Å². The lowest BCUT2D eigenvalue weighted by molar-refractivity contribution is -0.0763. The highest BCUT2D eigenvalue weighted by Gasteiger charge is 2.37. The topological polar surface area (TPSA) is 101 Å². The van der Waals surface area contributed by atoms with Gasteiger partial charge in [-0.3, -0.25) is 4.90 Å². The molecule has 2 saturated heterocycles. The van der Waals surface area contributed by atoms with E-state index in [0.29, 0.717) is 31.4 Å². The number of nitrogens with zero attached hydrogens (tertiary/aromatic N) is 4. The maximum absolute atomic E-state index is 11.9. The third-order valence-corrected chi connectivity index (χ3v) is 7.44. The molecule has 2 fully saturated rings. The summed E-state index contributed by atoms with van der Waals surface area (Å²) in [5, 5.41) is 8.88. The maximum atomic E-state index is 11.9. The van der Waals surface area contributed by atoms with E-state index in [1.807, 2.05) is 24.3 Å². The number of amidine groups is 2. The molecule has 0 radical (unpaired) electrons. The maximum Gasteiger partial charge on any atom is 0.150 e. The Morgan fingerprint density at radius 3 is 2.39 bits per heavy atom. The van der Waals surface area contributed by atoms with Gasteiger partial charge in [0.15, 0.2) is 0 Å². The molecular weight excluding hydrogens is 509 g/mol. The van der Waals surface area contributed by atoms with Crippen molar-refractivity contribution >= 4 is 57.9 Å². The molecule has 186 valence electrons. The van der Waals surface area contributed by atoms with E-state index in [2.05, 4.69) is 20.0 Å². The van der Waals surface area contributed by atoms with E-state index in [0.717, 1.165) is 43.2 Å². The van der Waals surface area contributed by atoms with Crippen LogP contribution in [0.4, 0.5) is 0 Å². The summed E-state index contributed by atoms with van der Waals surface area (Å²) < 4.78 is 29.7. The number of rotatable bonds is 5. The fourth-order valence-electron chi connectivity index (χ4n) is 4.72. The minimum absolute atomic E-state index is 0. The molecular formula is C21H32Cl3N5O3S. The van der Waals surface area contributed by atoms with Crippen LogP contribution >= 0.6 is 36.4 Å². The van der Waals surface area contributed by atoms with E-state index in [9.17, 15) is 8.42 Å². The molecule has 8 nitrogen and oxygen atoms in total. The average molecular weight is 541 g/mol. The molecule has 0 amide bonds. The van der Waals surface area contributed by atoms with Gasteiger partial charge >= 0.3 is 0 Å². The first-order valence-electron chi connectivity index (χ1n) is 10.7. The van der Waals surface area contributed by atoms with Crippen molar-refractivity contribution in [1.82, 2.24) is 9.80 Å². The van der Waals surface area contributed by atoms with E-state index in [-0.39, 0.29) is 42.7 Å². The zero-order chi connectivity index (χ0) is 22.0. The second-order valence-electron chi connectivity index (χ2n) is 8.73. The highest BCUT2D eigenvalue weighted by atomic mass is 35.5. The molecule has 0 spiro atoms. The first-order valence-corrected chi connectivity index (χ1v) is 13.1. The van der Waals surface area contributed by atoms with Crippen LogP contribution in [0.3, 0.4) is 0 Å². The lowest BCUT2D eigenvalue weighted by atomic mass is 9.96. The smallest absolute Gasteiger partial charge is 0.150 e. The van der Waals surface area contributed by atoms with Crippen LogP contribution in [0.25, 0.3) is 0 Å². The Balaban J connectivity index is 0.00000193. The van der Waals surface area contributed by atoms with Gasteiger partial charge in [-0.1, -0.05) is 23.7 Å². The van der Waals surface area contributed by atoms with Gasteiger partial charge in [0.1, 0.15) is 21.5 Å². The monoisotopic (exact) mass is 539 g/mol. The van der Waals surface area contributed by atoms with Gasteiger partial charge < -0.3 is 15.4 Å². The van der Waals surface area contributed by atoms with Crippen molar-refractivity contribution in [3.63, 3.8) is 0 Å². The van der Waals surface area contributed by atoms with Gasteiger partial charge in [-0.25, -0.2) is 8.42 Å². The summed E-state index contributed by atoms with van der Waals surface area (Å²) in [5.74, 6) is 1.58. The molecule has 0 aromatic heterocycles. The van der Waals surface area contributed by atoms with Gasteiger partial charge in [0.2, 0.25) is 0 Å². The van der Waals surface area contributed by atoms with Crippen molar-refractivity contribution in [2.45, 2.75) is 43.9 Å². The Labute approximate surface area is 213 Å². The van der Waals surface area contributed by atoms with Crippen LogP contribution in [-0.4, -0.2) is 86.3 Å². The van der Waals surface area contributed by atoms with Gasteiger partial charge in [-0.05, 0) is 37.0 Å². The molecule has 1 aromatic rings. The molecule has 12 heteroatoms. The quantitative estimate of drug-likeness (QED) is 0.615. The van der Waals surface area contributed by atoms with E-state index in [4.69, 9.17) is 22.1 Å². The van der Waals surface area contributed by atoms with Crippen molar-refractivity contribution < 1.29 is 13.2 Å². The summed E-state index contributed by atoms with van der Waals surface area (Å²) in [6.45, 7) is 2.95. The summed E-state index contributed by atoms with van der Waals surface area (Å²) in [7, 11) is -3.10. The summed E-state index contributed by atoms with van der Waals surface area (Å²) in [5.41, 5.74) is 6.98. The molecule has 3 heterocycles. The second kappa shape index (κ2) is 12.0. The largest absolute Gasteiger partial charge is 0.385 e. The zero-order valence-corrected chi connectivity index (χ0v) is 21.8. The first-order chi connectivity index (χ1) is 14.8. The molecule has 0 unspecified atom stereocenters. The van der Waals surface area contributed by atoms with Crippen molar-refractivity contribution in [3.05, 3.63) is 34.9 Å². The van der Waals surface area contributed by atoms with Crippen LogP contribution in [0, 0.1) is 0 Å². The molecule has 2 atom stereocenters. The number of hydrogen-bond acceptors (Lipinski definition) is 8. The molecule has 4 rings (SSSR count). The zero-order valence-electron chi connectivity index (χ0n) is 18.6. The molecule has 0 aliphatic carbocycles. The highest BCUT2D eigenvalue weighted by Crippen LogP contribution is 2.26. The Hall–Kier alpha value is -1.10. The standard InChI is InChI=1S/C21H30ClN5O3S.2ClH/c1-31(28,29)14-19-12-27(18(13-30-19)10-15-2-4-16(22)5-3-15)17-6-8-26(9-7-17)21-11-20(23)24-25-21;;/h2-5,17-19H,6-14H2,1H3,(H2,23,24);2*1H/t18-,19+;;/m0../s1. The Morgan fingerprint density at radius 1 is 1.15 bits per heavy atom. The number of halogens is 3. The van der Waals surface area contributed by atoms with Gasteiger partial charge in [0, 0.05) is 43.0 Å². The van der Waals surface area contributed by atoms with Gasteiger partial charge in [-0.15, -0.1) is 35.0 Å². The number of morpholine rings is 1. The number of sulfone groups is 1. The lowest BCUT2D eigenvalue weighted by Crippen LogP contribution is -2.58. The van der Waals surface area contributed by atoms with E-state index in [1.165, 1.54) is 11.8 Å². The number of benzene rings is 1. The number of likely N-dealkylation sites (tertiary alicyclic amines) is 1. The fourth-order valence-corrected chi connectivity index (χ4v) is 5.72. The van der Waals surface area contributed by atoms with E-state index >= 15 is 0 Å². The predicted molar refractivity (Wildman–Crippen MR) is 138 cm³/mol. The van der Waals surface area contributed by atoms with Crippen LogP contribution in [-0.2, 0) is 21.0 Å². The molecule has 2 N–H and O–H groups in total. The van der Waals surface area contributed by atoms with Crippen LogP contribution in [0.1, 0.15) is 24.8 Å². The van der Waals surface area contributed by atoms with Crippen LogP contribution in [0.5, 0.6) is 0 Å². The normalized spacial score (nSPS) is 24.5. The number of nitrogens with two attached hydrogens (primary N) is 1. The van der Waals surface area contributed by atoms with Gasteiger partial charge in [0.25, 0.3) is 0 Å². The Morgan fingerprint density at radius 2 is 1.82 bits per heavy atom. The van der Waals surface area contributed by atoms with Crippen molar-refractivity contribution in [2.24, 2.45) is 15.9 Å². The lowest BCUT2D eigenvalue weighted by Gasteiger charge is -2.47. The van der Waals surface area contributed by atoms with Crippen molar-refractivity contribution in [3.8, 4) is 0 Å². The molecule has 33 heavy (non-hydrogen) atoms. The fraction of sp³-hybridized carbons (Fsp3) is 0.619. The average Bonchev–Trinajstić information content (AvgIpc) is 3.16. The van der Waals surface area contributed by atoms with Gasteiger partial charge in [-0.2, -0.15) is 0 Å². The highest BCUT2D eigenvalue weighted by molar-refractivity contribution is 7.90. The Kier molecular flexibility index (Phi) is 10.3. The molecule has 3 aliphatic rings. The van der Waals surface area contributed by atoms with E-state index < -0.39 is 9.84 Å². The Bertz CT molecular complexity index is 950. The summed E-state index contributed by atoms with van der Waals surface area (Å²) in [4.78, 5) is 4.75. The first kappa shape index (κ1) is 28.1. The van der Waals surface area contributed by atoms with Crippen LogP contribution < -0.4 is 5.73 Å². The minimum atomic E-state index is -3.10. The molecule has 1 aromatic carbocycles. The third kappa shape index (κ3) is 7.70. The number of hydrogen-bond donors (Lipinski definition) is 1. The van der Waals surface area contributed by atoms with Crippen molar-refractivity contribution in [2.75, 3.05) is 38.2 Å². The third-order valence-electron chi connectivity index (χ3n) is 6.21. The second-order valence-corrected chi connectivity index (χ2v) is 11.4. The summed E-state index contributed by atoms with van der Waals surface area (Å²) in [6, 6.07) is 8.50. The van der Waals surface area contributed by atoms with Gasteiger partial charge in [0.05, 0.1) is 24.9 Å². The number of piperidine rings is 1. The minimum Gasteiger partial charge on any atom is -0.385 e. The number of ether oxygens (including phenoxy) is 1.